The van der Waals surface area contributed by atoms with Crippen molar-refractivity contribution in [1.82, 2.24) is 0 Å². The third-order valence-electron chi connectivity index (χ3n) is 2.00. The second-order valence-corrected chi connectivity index (χ2v) is 4.25. The maximum absolute atomic E-state index is 3.77. The Labute approximate surface area is 76.6 Å². The predicted molar refractivity (Wildman–Crippen MR) is 56.6 cm³/mol. The highest BCUT2D eigenvalue weighted by atomic mass is 14.6. The summed E-state index contributed by atoms with van der Waals surface area (Å²) in [6.45, 7) is 12.4. The van der Waals surface area contributed by atoms with Crippen LogP contribution in [0.2, 0.25) is 0 Å². The molecule has 0 bridgehead atoms. The summed E-state index contributed by atoms with van der Waals surface area (Å²) in [6, 6.07) is 0. The molecule has 0 spiro atoms. The molecule has 0 saturated carbocycles. The van der Waals surface area contributed by atoms with Crippen LogP contribution in [-0.4, -0.2) is 6.72 Å². The first-order chi connectivity index (χ1) is 5.52. The Morgan fingerprint density at radius 1 is 1.50 bits per heavy atom. The highest BCUT2D eigenvalue weighted by molar-refractivity contribution is 5.26. The van der Waals surface area contributed by atoms with Gasteiger partial charge in [-0.15, -0.1) is 0 Å². The van der Waals surface area contributed by atoms with E-state index >= 15 is 0 Å². The summed E-state index contributed by atoms with van der Waals surface area (Å²) in [5.41, 5.74) is 1.74. The lowest BCUT2D eigenvalue weighted by atomic mass is 9.82. The fourth-order valence-electron chi connectivity index (χ4n) is 1.72. The van der Waals surface area contributed by atoms with Gasteiger partial charge in [-0.2, -0.15) is 0 Å². The molecule has 0 atom stereocenters. The normalized spacial score (nSPS) is 13.2. The van der Waals surface area contributed by atoms with Gasteiger partial charge in [0.05, 0.1) is 0 Å². The summed E-state index contributed by atoms with van der Waals surface area (Å²) >= 11 is 0. The summed E-state index contributed by atoms with van der Waals surface area (Å²) in [7, 11) is 0. The molecule has 0 aliphatic rings. The lowest BCUT2D eigenvalue weighted by Gasteiger charge is -2.23. The second kappa shape index (κ2) is 5.13. The first-order valence-electron chi connectivity index (χ1n) is 4.63. The molecule has 0 fully saturated rings. The van der Waals surface area contributed by atoms with Crippen LogP contribution in [0.15, 0.2) is 16.8 Å². The maximum Gasteiger partial charge on any atom is 0.0249 e. The third kappa shape index (κ3) is 5.11. The van der Waals surface area contributed by atoms with Crippen LogP contribution in [0, 0.1) is 5.41 Å². The van der Waals surface area contributed by atoms with Crippen LogP contribution in [0.4, 0.5) is 0 Å². The van der Waals surface area contributed by atoms with E-state index in [1.54, 1.807) is 0 Å². The molecule has 0 saturated heterocycles. The van der Waals surface area contributed by atoms with E-state index in [1.165, 1.54) is 18.4 Å². The molecule has 0 aromatic heterocycles. The van der Waals surface area contributed by atoms with E-state index in [9.17, 15) is 0 Å². The zero-order chi connectivity index (χ0) is 9.61. The lowest BCUT2D eigenvalue weighted by molar-refractivity contribution is 0.328. The lowest BCUT2D eigenvalue weighted by Crippen LogP contribution is -2.10. The van der Waals surface area contributed by atoms with Crippen molar-refractivity contribution in [2.75, 3.05) is 0 Å². The number of hydrogen-bond donors (Lipinski definition) is 0. The minimum atomic E-state index is 0.417. The number of rotatable bonds is 5. The van der Waals surface area contributed by atoms with Gasteiger partial charge in [0.2, 0.25) is 0 Å². The molecule has 0 aliphatic carbocycles. The molecule has 0 aromatic rings. The summed E-state index contributed by atoms with van der Waals surface area (Å²) in [5.74, 6) is 0. The molecule has 0 N–H and O–H groups in total. The third-order valence-corrected chi connectivity index (χ3v) is 2.00. The van der Waals surface area contributed by atoms with E-state index in [-0.39, 0.29) is 0 Å². The molecule has 0 heterocycles. The molecule has 0 aliphatic heterocycles. The Morgan fingerprint density at radius 3 is 2.50 bits per heavy atom. The SMILES string of the molecule is C=N/C=C(/C)CC(C)(C)CCC. The molecule has 12 heavy (non-hydrogen) atoms. The van der Waals surface area contributed by atoms with Crippen molar-refractivity contribution in [3.63, 3.8) is 0 Å². The van der Waals surface area contributed by atoms with Crippen molar-refractivity contribution >= 4 is 6.72 Å². The number of hydrogen-bond acceptors (Lipinski definition) is 1. The fourth-order valence-corrected chi connectivity index (χ4v) is 1.72. The van der Waals surface area contributed by atoms with Crippen LogP contribution in [0.5, 0.6) is 0 Å². The van der Waals surface area contributed by atoms with Gasteiger partial charge >= 0.3 is 0 Å². The molecule has 0 unspecified atom stereocenters. The average Bonchev–Trinajstić information content (AvgIpc) is 1.85. The molecule has 0 aromatic carbocycles. The van der Waals surface area contributed by atoms with E-state index in [4.69, 9.17) is 0 Å². The number of nitrogens with zero attached hydrogens (tertiary/aromatic N) is 1. The first-order valence-corrected chi connectivity index (χ1v) is 4.63. The molecular formula is C11H21N. The minimum Gasteiger partial charge on any atom is -0.273 e. The van der Waals surface area contributed by atoms with Gasteiger partial charge in [-0.25, -0.2) is 0 Å². The van der Waals surface area contributed by atoms with Gasteiger partial charge in [-0.05, 0) is 31.9 Å². The molecular weight excluding hydrogens is 146 g/mol. The van der Waals surface area contributed by atoms with Crippen LogP contribution in [0.1, 0.15) is 47.0 Å². The molecule has 1 nitrogen and oxygen atoms in total. The van der Waals surface area contributed by atoms with Gasteiger partial charge in [-0.1, -0.05) is 32.8 Å². The Balaban J connectivity index is 4.04. The van der Waals surface area contributed by atoms with Gasteiger partial charge in [0.25, 0.3) is 0 Å². The topological polar surface area (TPSA) is 12.4 Å². The van der Waals surface area contributed by atoms with E-state index in [1.807, 2.05) is 6.20 Å². The summed E-state index contributed by atoms with van der Waals surface area (Å²) in [4.78, 5) is 3.77. The van der Waals surface area contributed by atoms with Crippen LogP contribution >= 0.6 is 0 Å². The Kier molecular flexibility index (Phi) is 4.87. The predicted octanol–water partition coefficient (Wildman–Crippen LogP) is 3.81. The van der Waals surface area contributed by atoms with Gasteiger partial charge in [0, 0.05) is 6.20 Å². The molecule has 0 rings (SSSR count). The van der Waals surface area contributed by atoms with E-state index in [2.05, 4.69) is 39.4 Å². The summed E-state index contributed by atoms with van der Waals surface area (Å²) in [5, 5.41) is 0. The largest absolute Gasteiger partial charge is 0.273 e. The average molecular weight is 167 g/mol. The molecule has 0 radical (unpaired) electrons. The standard InChI is InChI=1S/C11H21N/c1-6-7-11(3,4)8-10(2)9-12-5/h9H,5-8H2,1-4H3/b10-9-. The molecule has 1 heteroatoms. The highest BCUT2D eigenvalue weighted by Gasteiger charge is 2.16. The number of allylic oxidation sites excluding steroid dienone is 1. The van der Waals surface area contributed by atoms with Crippen molar-refractivity contribution in [3.05, 3.63) is 11.8 Å². The van der Waals surface area contributed by atoms with Crippen LogP contribution in [0.25, 0.3) is 0 Å². The summed E-state index contributed by atoms with van der Waals surface area (Å²) in [6.07, 6.45) is 5.51. The monoisotopic (exact) mass is 167 g/mol. The van der Waals surface area contributed by atoms with Crippen molar-refractivity contribution in [3.8, 4) is 0 Å². The van der Waals surface area contributed by atoms with Crippen LogP contribution in [0.3, 0.4) is 0 Å². The van der Waals surface area contributed by atoms with E-state index in [0.717, 1.165) is 6.42 Å². The van der Waals surface area contributed by atoms with Gasteiger partial charge in [0.15, 0.2) is 0 Å². The maximum atomic E-state index is 3.77. The Bertz CT molecular complexity index is 166. The molecule has 0 amide bonds. The Hall–Kier alpha value is -0.590. The van der Waals surface area contributed by atoms with Gasteiger partial charge < -0.3 is 0 Å². The van der Waals surface area contributed by atoms with Crippen LogP contribution in [-0.2, 0) is 0 Å². The number of aliphatic imine (C=N–C) groups is 1. The van der Waals surface area contributed by atoms with Gasteiger partial charge in [0.1, 0.15) is 0 Å². The van der Waals surface area contributed by atoms with Crippen molar-refractivity contribution in [1.29, 1.82) is 0 Å². The van der Waals surface area contributed by atoms with Gasteiger partial charge in [-0.3, -0.25) is 4.99 Å². The van der Waals surface area contributed by atoms with E-state index < -0.39 is 0 Å². The Morgan fingerprint density at radius 2 is 2.08 bits per heavy atom. The van der Waals surface area contributed by atoms with E-state index in [0.29, 0.717) is 5.41 Å². The quantitative estimate of drug-likeness (QED) is 0.552. The summed E-state index contributed by atoms with van der Waals surface area (Å²) < 4.78 is 0. The highest BCUT2D eigenvalue weighted by Crippen LogP contribution is 2.29. The van der Waals surface area contributed by atoms with Crippen molar-refractivity contribution < 1.29 is 0 Å². The zero-order valence-corrected chi connectivity index (χ0v) is 8.85. The van der Waals surface area contributed by atoms with Crippen LogP contribution < -0.4 is 0 Å². The molecule has 70 valence electrons. The van der Waals surface area contributed by atoms with Crippen molar-refractivity contribution in [2.24, 2.45) is 10.4 Å². The second-order valence-electron chi connectivity index (χ2n) is 4.25. The minimum absolute atomic E-state index is 0.417. The smallest absolute Gasteiger partial charge is 0.0249 e. The van der Waals surface area contributed by atoms with Crippen molar-refractivity contribution in [2.45, 2.75) is 47.0 Å². The first kappa shape index (κ1) is 11.4. The fraction of sp³-hybridized carbons (Fsp3) is 0.727. The zero-order valence-electron chi connectivity index (χ0n) is 8.85.